The molecule has 0 radical (unpaired) electrons. The Morgan fingerprint density at radius 1 is 1.38 bits per heavy atom. The lowest BCUT2D eigenvalue weighted by Crippen LogP contribution is -2.16. The van der Waals surface area contributed by atoms with Gasteiger partial charge in [-0.1, -0.05) is 23.4 Å². The Hall–Kier alpha value is -2.39. The summed E-state index contributed by atoms with van der Waals surface area (Å²) in [6, 6.07) is 5.69. The summed E-state index contributed by atoms with van der Waals surface area (Å²) in [4.78, 5) is 16.4. The Morgan fingerprint density at radius 3 is 2.96 bits per heavy atom. The highest BCUT2D eigenvalue weighted by Gasteiger charge is 2.28. The minimum atomic E-state index is -0.151. The van der Waals surface area contributed by atoms with Crippen molar-refractivity contribution < 1.29 is 4.79 Å². The topological polar surface area (TPSA) is 90.5 Å². The van der Waals surface area contributed by atoms with Gasteiger partial charge in [0.1, 0.15) is 18.5 Å². The van der Waals surface area contributed by atoms with Gasteiger partial charge < -0.3 is 9.88 Å². The number of benzene rings is 1. The number of halogens is 1. The van der Waals surface area contributed by atoms with Crippen molar-refractivity contribution in [3.05, 3.63) is 41.7 Å². The van der Waals surface area contributed by atoms with Crippen LogP contribution in [0, 0.1) is 6.92 Å². The molecule has 8 nitrogen and oxygen atoms in total. The first-order valence-corrected chi connectivity index (χ1v) is 9.47. The number of anilines is 1. The number of aromatic nitrogens is 6. The molecule has 134 valence electrons. The van der Waals surface area contributed by atoms with Gasteiger partial charge in [0.25, 0.3) is 0 Å². The monoisotopic (exact) mass is 389 g/mol. The number of hydrogen-bond acceptors (Lipinski definition) is 6. The van der Waals surface area contributed by atoms with Crippen LogP contribution in [0.25, 0.3) is 5.69 Å². The largest absolute Gasteiger partial charge is 0.323 e. The molecule has 1 fully saturated rings. The second-order valence-electron chi connectivity index (χ2n) is 5.97. The lowest BCUT2D eigenvalue weighted by Gasteiger charge is -2.11. The van der Waals surface area contributed by atoms with E-state index in [0.717, 1.165) is 23.8 Å². The Morgan fingerprint density at radius 2 is 2.23 bits per heavy atom. The zero-order chi connectivity index (χ0) is 18.1. The van der Waals surface area contributed by atoms with Crippen molar-refractivity contribution in [2.45, 2.75) is 31.0 Å². The van der Waals surface area contributed by atoms with Crippen molar-refractivity contribution in [1.29, 1.82) is 0 Å². The number of nitrogens with zero attached hydrogens (tertiary/aromatic N) is 6. The maximum Gasteiger partial charge on any atom is 0.234 e. The molecule has 3 aromatic rings. The molecule has 0 aliphatic heterocycles. The van der Waals surface area contributed by atoms with Gasteiger partial charge in [0.15, 0.2) is 5.16 Å². The molecule has 0 saturated heterocycles. The fraction of sp³-hybridized carbons (Fsp3) is 0.312. The first-order chi connectivity index (χ1) is 12.6. The maximum atomic E-state index is 12.4. The van der Waals surface area contributed by atoms with E-state index in [-0.39, 0.29) is 11.7 Å². The van der Waals surface area contributed by atoms with Gasteiger partial charge in [-0.2, -0.15) is 5.10 Å². The summed E-state index contributed by atoms with van der Waals surface area (Å²) in [7, 11) is 0. The van der Waals surface area contributed by atoms with Crippen molar-refractivity contribution in [3.63, 3.8) is 0 Å². The van der Waals surface area contributed by atoms with Crippen LogP contribution in [0.5, 0.6) is 0 Å². The predicted molar refractivity (Wildman–Crippen MR) is 98.8 cm³/mol. The van der Waals surface area contributed by atoms with E-state index in [1.807, 2.05) is 6.92 Å². The quantitative estimate of drug-likeness (QED) is 0.652. The zero-order valence-electron chi connectivity index (χ0n) is 14.0. The molecule has 1 amide bonds. The third-order valence-electron chi connectivity index (χ3n) is 3.98. The minimum Gasteiger partial charge on any atom is -0.323 e. The van der Waals surface area contributed by atoms with Gasteiger partial charge in [-0.25, -0.2) is 9.67 Å². The van der Waals surface area contributed by atoms with E-state index in [1.165, 1.54) is 18.1 Å². The second kappa shape index (κ2) is 7.08. The molecule has 1 aromatic carbocycles. The SMILES string of the molecule is Cc1nnc(SCC(=O)Nc2cc(Cl)ccc2-n2cncn2)n1C1CC1. The van der Waals surface area contributed by atoms with Crippen LogP contribution in [0.3, 0.4) is 0 Å². The van der Waals surface area contributed by atoms with Crippen LogP contribution in [0.15, 0.2) is 36.0 Å². The number of thioether (sulfide) groups is 1. The van der Waals surface area contributed by atoms with E-state index < -0.39 is 0 Å². The van der Waals surface area contributed by atoms with Crippen LogP contribution < -0.4 is 5.32 Å². The Kier molecular flexibility index (Phi) is 4.64. The molecule has 0 unspecified atom stereocenters. The van der Waals surface area contributed by atoms with Crippen molar-refractivity contribution in [2.75, 3.05) is 11.1 Å². The van der Waals surface area contributed by atoms with E-state index in [9.17, 15) is 4.79 Å². The third kappa shape index (κ3) is 3.58. The minimum absolute atomic E-state index is 0.151. The fourth-order valence-corrected chi connectivity index (χ4v) is 3.68. The molecule has 0 bridgehead atoms. The van der Waals surface area contributed by atoms with Crippen molar-refractivity contribution in [2.24, 2.45) is 0 Å². The summed E-state index contributed by atoms with van der Waals surface area (Å²) < 4.78 is 3.68. The number of hydrogen-bond donors (Lipinski definition) is 1. The maximum absolute atomic E-state index is 12.4. The summed E-state index contributed by atoms with van der Waals surface area (Å²) >= 11 is 7.46. The molecule has 1 aliphatic rings. The predicted octanol–water partition coefficient (Wildman–Crippen LogP) is 2.89. The van der Waals surface area contributed by atoms with Crippen LogP contribution in [0.2, 0.25) is 5.02 Å². The molecule has 4 rings (SSSR count). The Labute approximate surface area is 159 Å². The fourth-order valence-electron chi connectivity index (χ4n) is 2.66. The van der Waals surface area contributed by atoms with Gasteiger partial charge in [-0.15, -0.1) is 10.2 Å². The van der Waals surface area contributed by atoms with Crippen LogP contribution in [0.4, 0.5) is 5.69 Å². The summed E-state index contributed by atoms with van der Waals surface area (Å²) in [6.45, 7) is 1.94. The highest BCUT2D eigenvalue weighted by Crippen LogP contribution is 2.38. The highest BCUT2D eigenvalue weighted by molar-refractivity contribution is 7.99. The molecule has 26 heavy (non-hydrogen) atoms. The zero-order valence-corrected chi connectivity index (χ0v) is 15.5. The van der Waals surface area contributed by atoms with Gasteiger partial charge in [0.05, 0.1) is 17.1 Å². The average Bonchev–Trinajstić information content (AvgIpc) is 3.15. The Balaban J connectivity index is 1.46. The van der Waals surface area contributed by atoms with Crippen LogP contribution in [-0.2, 0) is 4.79 Å². The van der Waals surface area contributed by atoms with Gasteiger partial charge in [-0.3, -0.25) is 4.79 Å². The van der Waals surface area contributed by atoms with E-state index >= 15 is 0 Å². The van der Waals surface area contributed by atoms with Crippen molar-refractivity contribution in [1.82, 2.24) is 29.5 Å². The lowest BCUT2D eigenvalue weighted by molar-refractivity contribution is -0.113. The second-order valence-corrected chi connectivity index (χ2v) is 7.35. The molecule has 0 spiro atoms. The number of carbonyl (C=O) groups is 1. The first kappa shape index (κ1) is 17.0. The molecule has 1 N–H and O–H groups in total. The average molecular weight is 390 g/mol. The number of carbonyl (C=O) groups excluding carboxylic acids is 1. The van der Waals surface area contributed by atoms with E-state index in [4.69, 9.17) is 11.6 Å². The Bertz CT molecular complexity index is 936. The summed E-state index contributed by atoms with van der Waals surface area (Å²) in [6.07, 6.45) is 5.28. The standard InChI is InChI=1S/C16H16ClN7OS/c1-10-21-22-16(24(10)12-3-4-12)26-7-15(25)20-13-6-11(17)2-5-14(13)23-9-18-8-19-23/h2,5-6,8-9,12H,3-4,7H2,1H3,(H,20,25). The first-order valence-electron chi connectivity index (χ1n) is 8.10. The van der Waals surface area contributed by atoms with Gasteiger partial charge in [0, 0.05) is 11.1 Å². The molecule has 10 heteroatoms. The van der Waals surface area contributed by atoms with E-state index in [2.05, 4.69) is 30.2 Å². The summed E-state index contributed by atoms with van der Waals surface area (Å²) in [5.74, 6) is 0.967. The van der Waals surface area contributed by atoms with Crippen molar-refractivity contribution >= 4 is 35.0 Å². The molecular weight excluding hydrogens is 374 g/mol. The van der Waals surface area contributed by atoms with Crippen LogP contribution in [0.1, 0.15) is 24.7 Å². The summed E-state index contributed by atoms with van der Waals surface area (Å²) in [5, 5.41) is 16.6. The molecule has 2 aromatic heterocycles. The summed E-state index contributed by atoms with van der Waals surface area (Å²) in [5.41, 5.74) is 1.27. The molecular formula is C16H16ClN7OS. The highest BCUT2D eigenvalue weighted by atomic mass is 35.5. The normalized spacial score (nSPS) is 13.8. The molecule has 1 aliphatic carbocycles. The number of rotatable bonds is 6. The van der Waals surface area contributed by atoms with E-state index in [0.29, 0.717) is 22.4 Å². The molecule has 0 atom stereocenters. The van der Waals surface area contributed by atoms with Gasteiger partial charge in [0.2, 0.25) is 5.91 Å². The number of amides is 1. The molecule has 1 saturated carbocycles. The van der Waals surface area contributed by atoms with Gasteiger partial charge >= 0.3 is 0 Å². The molecule has 2 heterocycles. The van der Waals surface area contributed by atoms with Crippen LogP contribution >= 0.6 is 23.4 Å². The number of nitrogens with one attached hydrogen (secondary N) is 1. The smallest absolute Gasteiger partial charge is 0.234 e. The van der Waals surface area contributed by atoms with Gasteiger partial charge in [-0.05, 0) is 38.0 Å². The van der Waals surface area contributed by atoms with Crippen molar-refractivity contribution in [3.8, 4) is 5.69 Å². The van der Waals surface area contributed by atoms with Crippen LogP contribution in [-0.4, -0.2) is 41.2 Å². The third-order valence-corrected chi connectivity index (χ3v) is 5.16. The number of aryl methyl sites for hydroxylation is 1. The lowest BCUT2D eigenvalue weighted by atomic mass is 10.2. The van der Waals surface area contributed by atoms with E-state index in [1.54, 1.807) is 29.2 Å².